The van der Waals surface area contributed by atoms with Crippen LogP contribution in [0.25, 0.3) is 0 Å². The van der Waals surface area contributed by atoms with E-state index >= 15 is 0 Å². The van der Waals surface area contributed by atoms with Gasteiger partial charge in [0, 0.05) is 11.8 Å². The molecule has 0 saturated carbocycles. The highest BCUT2D eigenvalue weighted by Crippen LogP contribution is 2.30. The van der Waals surface area contributed by atoms with Gasteiger partial charge < -0.3 is 19.9 Å². The zero-order valence-electron chi connectivity index (χ0n) is 14.6. The SMILES string of the molecule is COc1ccc(OC(=O)Nc2cccc([C@]3(C)COCC(N)=N3)c2)nc1. The highest BCUT2D eigenvalue weighted by molar-refractivity contribution is 5.86. The number of ether oxygens (including phenoxy) is 3. The first-order valence-electron chi connectivity index (χ1n) is 8.00. The van der Waals surface area contributed by atoms with Gasteiger partial charge in [-0.25, -0.2) is 9.78 Å². The zero-order chi connectivity index (χ0) is 18.6. The van der Waals surface area contributed by atoms with Crippen molar-refractivity contribution < 1.29 is 19.0 Å². The van der Waals surface area contributed by atoms with E-state index in [1.54, 1.807) is 18.2 Å². The van der Waals surface area contributed by atoms with Crippen LogP contribution in [0.5, 0.6) is 11.6 Å². The molecule has 2 aromatic rings. The smallest absolute Gasteiger partial charge is 0.418 e. The molecule has 2 heterocycles. The Morgan fingerprint density at radius 2 is 2.19 bits per heavy atom. The summed E-state index contributed by atoms with van der Waals surface area (Å²) in [5.41, 5.74) is 6.64. The van der Waals surface area contributed by atoms with Gasteiger partial charge in [0.15, 0.2) is 0 Å². The summed E-state index contributed by atoms with van der Waals surface area (Å²) in [6.07, 6.45) is 0.822. The molecule has 0 fully saturated rings. The Morgan fingerprint density at radius 3 is 2.88 bits per heavy atom. The summed E-state index contributed by atoms with van der Waals surface area (Å²) in [7, 11) is 1.53. The first-order valence-corrected chi connectivity index (χ1v) is 8.00. The van der Waals surface area contributed by atoms with Crippen molar-refractivity contribution in [3.05, 3.63) is 48.2 Å². The van der Waals surface area contributed by atoms with Crippen LogP contribution in [0.3, 0.4) is 0 Å². The summed E-state index contributed by atoms with van der Waals surface area (Å²) in [4.78, 5) is 20.6. The van der Waals surface area contributed by atoms with Crippen molar-refractivity contribution in [2.24, 2.45) is 10.7 Å². The topological polar surface area (TPSA) is 108 Å². The lowest BCUT2D eigenvalue weighted by molar-refractivity contribution is 0.106. The first-order chi connectivity index (χ1) is 12.5. The second kappa shape index (κ2) is 7.40. The highest BCUT2D eigenvalue weighted by Gasteiger charge is 2.30. The number of nitrogens with zero attached hydrogens (tertiary/aromatic N) is 2. The predicted octanol–water partition coefficient (Wildman–Crippen LogP) is 2.30. The van der Waals surface area contributed by atoms with Gasteiger partial charge in [0.25, 0.3) is 0 Å². The second-order valence-electron chi connectivity index (χ2n) is 6.00. The Kier molecular flexibility index (Phi) is 5.04. The van der Waals surface area contributed by atoms with Crippen LogP contribution in [0.1, 0.15) is 12.5 Å². The van der Waals surface area contributed by atoms with Gasteiger partial charge in [0.05, 0.1) is 19.9 Å². The molecule has 8 heteroatoms. The fourth-order valence-electron chi connectivity index (χ4n) is 2.60. The number of hydrogen-bond donors (Lipinski definition) is 2. The second-order valence-corrected chi connectivity index (χ2v) is 6.00. The van der Waals surface area contributed by atoms with Gasteiger partial charge in [-0.1, -0.05) is 12.1 Å². The maximum atomic E-state index is 12.1. The number of amidine groups is 1. The lowest BCUT2D eigenvalue weighted by Crippen LogP contribution is -2.37. The minimum Gasteiger partial charge on any atom is -0.495 e. The third-order valence-corrected chi connectivity index (χ3v) is 3.90. The standard InChI is InChI=1S/C18H20N4O4/c1-18(11-25-10-15(19)22-18)12-4-3-5-13(8-12)21-17(23)26-16-7-6-14(24-2)9-20-16/h3-9H,10-11H2,1-2H3,(H2,19,22)(H,21,23)/t18-/m0/s1. The number of methoxy groups -OCH3 is 1. The number of anilines is 1. The Bertz CT molecular complexity index is 822. The average molecular weight is 356 g/mol. The van der Waals surface area contributed by atoms with Crippen molar-refractivity contribution in [3.8, 4) is 11.6 Å². The molecule has 0 aliphatic carbocycles. The van der Waals surface area contributed by atoms with E-state index in [0.29, 0.717) is 30.5 Å². The number of pyridine rings is 1. The summed E-state index contributed by atoms with van der Waals surface area (Å²) in [5.74, 6) is 1.19. The molecule has 0 spiro atoms. The molecule has 1 aromatic heterocycles. The van der Waals surface area contributed by atoms with Crippen LogP contribution in [0.15, 0.2) is 47.6 Å². The van der Waals surface area contributed by atoms with Crippen molar-refractivity contribution >= 4 is 17.6 Å². The Balaban J connectivity index is 1.70. The van der Waals surface area contributed by atoms with Crippen LogP contribution in [-0.2, 0) is 10.3 Å². The number of aliphatic imine (C=N–C) groups is 1. The molecule has 0 radical (unpaired) electrons. The summed E-state index contributed by atoms with van der Waals surface area (Å²) >= 11 is 0. The van der Waals surface area contributed by atoms with Crippen molar-refractivity contribution in [3.63, 3.8) is 0 Å². The minimum atomic E-state index is -0.645. The van der Waals surface area contributed by atoms with E-state index in [9.17, 15) is 4.79 Å². The van der Waals surface area contributed by atoms with Crippen LogP contribution in [0, 0.1) is 0 Å². The fraction of sp³-hybridized carbons (Fsp3) is 0.278. The van der Waals surface area contributed by atoms with Gasteiger partial charge in [-0.05, 0) is 30.7 Å². The van der Waals surface area contributed by atoms with Gasteiger partial charge in [-0.2, -0.15) is 0 Å². The number of carbonyl (C=O) groups is 1. The van der Waals surface area contributed by atoms with Crippen LogP contribution < -0.4 is 20.5 Å². The molecular weight excluding hydrogens is 336 g/mol. The van der Waals surface area contributed by atoms with Crippen molar-refractivity contribution in [1.82, 2.24) is 4.98 Å². The Hall–Kier alpha value is -3.13. The third-order valence-electron chi connectivity index (χ3n) is 3.90. The van der Waals surface area contributed by atoms with Gasteiger partial charge >= 0.3 is 6.09 Å². The molecule has 1 amide bonds. The largest absolute Gasteiger partial charge is 0.495 e. The number of aromatic nitrogens is 1. The maximum Gasteiger partial charge on any atom is 0.418 e. The first kappa shape index (κ1) is 17.7. The normalized spacial score (nSPS) is 19.4. The van der Waals surface area contributed by atoms with E-state index in [2.05, 4.69) is 15.3 Å². The third kappa shape index (κ3) is 4.09. The lowest BCUT2D eigenvalue weighted by atomic mass is 9.92. The van der Waals surface area contributed by atoms with Crippen LogP contribution in [-0.4, -0.2) is 37.2 Å². The van der Waals surface area contributed by atoms with E-state index in [4.69, 9.17) is 19.9 Å². The number of amides is 1. The summed E-state index contributed by atoms with van der Waals surface area (Å²) in [6.45, 7) is 2.67. The number of rotatable bonds is 4. The number of benzene rings is 1. The molecule has 3 N–H and O–H groups in total. The molecular formula is C18H20N4O4. The van der Waals surface area contributed by atoms with Gasteiger partial charge in [-0.3, -0.25) is 10.3 Å². The Labute approximate surface area is 151 Å². The Morgan fingerprint density at radius 1 is 1.35 bits per heavy atom. The molecule has 136 valence electrons. The number of carbonyl (C=O) groups excluding carboxylic acids is 1. The van der Waals surface area contributed by atoms with E-state index < -0.39 is 11.6 Å². The van der Waals surface area contributed by atoms with Gasteiger partial charge in [-0.15, -0.1) is 0 Å². The maximum absolute atomic E-state index is 12.1. The van der Waals surface area contributed by atoms with Gasteiger partial charge in [0.1, 0.15) is 23.7 Å². The van der Waals surface area contributed by atoms with Crippen LogP contribution in [0.4, 0.5) is 10.5 Å². The molecule has 0 unspecified atom stereocenters. The molecule has 3 rings (SSSR count). The fourth-order valence-corrected chi connectivity index (χ4v) is 2.60. The lowest BCUT2D eigenvalue weighted by Gasteiger charge is -2.30. The zero-order valence-corrected chi connectivity index (χ0v) is 14.6. The quantitative estimate of drug-likeness (QED) is 0.870. The van der Waals surface area contributed by atoms with E-state index in [1.807, 2.05) is 25.1 Å². The van der Waals surface area contributed by atoms with E-state index in [1.165, 1.54) is 13.3 Å². The number of nitrogens with two attached hydrogens (primary N) is 1. The molecule has 0 bridgehead atoms. The number of hydrogen-bond acceptors (Lipinski definition) is 7. The van der Waals surface area contributed by atoms with Crippen molar-refractivity contribution in [2.45, 2.75) is 12.5 Å². The predicted molar refractivity (Wildman–Crippen MR) is 96.7 cm³/mol. The highest BCUT2D eigenvalue weighted by atomic mass is 16.6. The summed E-state index contributed by atoms with van der Waals surface area (Å²) in [5, 5.41) is 2.67. The molecule has 1 aliphatic heterocycles. The minimum absolute atomic E-state index is 0.171. The van der Waals surface area contributed by atoms with Crippen molar-refractivity contribution in [2.75, 3.05) is 25.6 Å². The molecule has 0 saturated heterocycles. The number of nitrogens with one attached hydrogen (secondary N) is 1. The monoisotopic (exact) mass is 356 g/mol. The summed E-state index contributed by atoms with van der Waals surface area (Å²) < 4.78 is 15.6. The van der Waals surface area contributed by atoms with Crippen LogP contribution >= 0.6 is 0 Å². The van der Waals surface area contributed by atoms with Crippen molar-refractivity contribution in [1.29, 1.82) is 0 Å². The molecule has 8 nitrogen and oxygen atoms in total. The van der Waals surface area contributed by atoms with E-state index in [0.717, 1.165) is 5.56 Å². The van der Waals surface area contributed by atoms with Gasteiger partial charge in [0.2, 0.25) is 5.88 Å². The molecule has 1 aromatic carbocycles. The molecule has 26 heavy (non-hydrogen) atoms. The van der Waals surface area contributed by atoms with Crippen LogP contribution in [0.2, 0.25) is 0 Å². The molecule has 1 aliphatic rings. The average Bonchev–Trinajstić information content (AvgIpc) is 2.62. The van der Waals surface area contributed by atoms with E-state index in [-0.39, 0.29) is 5.88 Å². The summed E-state index contributed by atoms with van der Waals surface area (Å²) in [6, 6.07) is 10.5. The molecule has 1 atom stereocenters.